The van der Waals surface area contributed by atoms with E-state index in [1.165, 1.54) is 11.0 Å². The lowest BCUT2D eigenvalue weighted by molar-refractivity contribution is -0.136. The Morgan fingerprint density at radius 2 is 2.09 bits per heavy atom. The molecule has 118 valence electrons. The normalized spacial score (nSPS) is 21.8. The Morgan fingerprint density at radius 3 is 2.68 bits per heavy atom. The predicted molar refractivity (Wildman–Crippen MR) is 82.0 cm³/mol. The summed E-state index contributed by atoms with van der Waals surface area (Å²) >= 11 is 0. The van der Waals surface area contributed by atoms with E-state index in [1.807, 2.05) is 31.2 Å². The Bertz CT molecular complexity index is 626. The Labute approximate surface area is 129 Å². The van der Waals surface area contributed by atoms with Crippen LogP contribution in [0, 0.1) is 0 Å². The van der Waals surface area contributed by atoms with E-state index in [0.29, 0.717) is 12.3 Å². The Kier molecular flexibility index (Phi) is 4.51. The van der Waals surface area contributed by atoms with Gasteiger partial charge in [0.15, 0.2) is 5.60 Å². The number of aliphatic hydroxyl groups is 1. The molecule has 1 fully saturated rings. The van der Waals surface area contributed by atoms with Crippen LogP contribution >= 0.6 is 0 Å². The second-order valence-electron chi connectivity index (χ2n) is 5.43. The highest BCUT2D eigenvalue weighted by Gasteiger charge is 2.42. The number of carbonyl (C=O) groups is 2. The van der Waals surface area contributed by atoms with Crippen molar-refractivity contribution in [2.24, 2.45) is 5.73 Å². The minimum atomic E-state index is -1.62. The summed E-state index contributed by atoms with van der Waals surface area (Å²) in [5, 5.41) is 10.0. The first kappa shape index (κ1) is 16.0. The summed E-state index contributed by atoms with van der Waals surface area (Å²) in [7, 11) is 1.57. The molecular formula is C16H20N2O4. The molecule has 0 spiro atoms. The molecule has 3 N–H and O–H groups in total. The van der Waals surface area contributed by atoms with Crippen LogP contribution in [0.15, 0.2) is 30.3 Å². The van der Waals surface area contributed by atoms with Crippen LogP contribution in [0.25, 0.3) is 5.57 Å². The third-order valence-corrected chi connectivity index (χ3v) is 3.89. The monoisotopic (exact) mass is 304 g/mol. The topological polar surface area (TPSA) is 92.9 Å². The fourth-order valence-corrected chi connectivity index (χ4v) is 2.51. The highest BCUT2D eigenvalue weighted by molar-refractivity contribution is 5.96. The predicted octanol–water partition coefficient (Wildman–Crippen LogP) is 0.547. The van der Waals surface area contributed by atoms with E-state index >= 15 is 0 Å². The van der Waals surface area contributed by atoms with Gasteiger partial charge in [-0.1, -0.05) is 18.2 Å². The minimum Gasteiger partial charge on any atom is -0.496 e. The lowest BCUT2D eigenvalue weighted by Crippen LogP contribution is -2.46. The van der Waals surface area contributed by atoms with Crippen molar-refractivity contribution in [2.75, 3.05) is 20.2 Å². The molecule has 0 radical (unpaired) electrons. The summed E-state index contributed by atoms with van der Waals surface area (Å²) in [6, 6.07) is 7.40. The molecule has 1 atom stereocenters. The van der Waals surface area contributed by atoms with Gasteiger partial charge in [0.05, 0.1) is 13.7 Å². The minimum absolute atomic E-state index is 0.0725. The lowest BCUT2D eigenvalue weighted by atomic mass is 10.0. The molecule has 0 bridgehead atoms. The fourth-order valence-electron chi connectivity index (χ4n) is 2.51. The number of amides is 2. The molecule has 1 aromatic rings. The molecule has 0 saturated carbocycles. The smallest absolute Gasteiger partial charge is 0.251 e. The number of ether oxygens (including phenoxy) is 1. The van der Waals surface area contributed by atoms with Crippen molar-refractivity contribution in [1.29, 1.82) is 0 Å². The summed E-state index contributed by atoms with van der Waals surface area (Å²) in [6.45, 7) is 2.04. The van der Waals surface area contributed by atoms with Crippen molar-refractivity contribution in [3.8, 4) is 5.75 Å². The first-order chi connectivity index (χ1) is 10.4. The maximum Gasteiger partial charge on any atom is 0.251 e. The molecule has 1 saturated heterocycles. The lowest BCUT2D eigenvalue weighted by Gasteiger charge is -2.19. The highest BCUT2D eigenvalue weighted by Crippen LogP contribution is 2.26. The molecule has 6 heteroatoms. The summed E-state index contributed by atoms with van der Waals surface area (Å²) in [5.74, 6) is -0.382. The molecular weight excluding hydrogens is 284 g/mol. The maximum absolute atomic E-state index is 12.3. The van der Waals surface area contributed by atoms with E-state index in [1.54, 1.807) is 7.11 Å². The Hall–Kier alpha value is -2.34. The van der Waals surface area contributed by atoms with Gasteiger partial charge < -0.3 is 20.5 Å². The van der Waals surface area contributed by atoms with Crippen molar-refractivity contribution in [1.82, 2.24) is 4.90 Å². The first-order valence-corrected chi connectivity index (χ1v) is 7.00. The van der Waals surface area contributed by atoms with Gasteiger partial charge in [0.25, 0.3) is 5.91 Å². The molecule has 1 heterocycles. The van der Waals surface area contributed by atoms with Crippen LogP contribution in [-0.4, -0.2) is 47.6 Å². The maximum atomic E-state index is 12.3. The molecule has 1 unspecified atom stereocenters. The fraction of sp³-hybridized carbons (Fsp3) is 0.375. The Balaban J connectivity index is 2.16. The van der Waals surface area contributed by atoms with E-state index in [9.17, 15) is 14.7 Å². The SMILES string of the molecule is COc1ccccc1/C(C)=C/C(=O)N1CCC(O)(C(N)=O)C1. The molecule has 0 aromatic heterocycles. The van der Waals surface area contributed by atoms with Crippen molar-refractivity contribution in [3.63, 3.8) is 0 Å². The number of likely N-dealkylation sites (tertiary alicyclic amines) is 1. The van der Waals surface area contributed by atoms with E-state index in [2.05, 4.69) is 0 Å². The van der Waals surface area contributed by atoms with Gasteiger partial charge in [-0.05, 0) is 18.6 Å². The summed E-state index contributed by atoms with van der Waals surface area (Å²) in [4.78, 5) is 24.9. The van der Waals surface area contributed by atoms with Gasteiger partial charge in [-0.2, -0.15) is 0 Å². The number of hydrogen-bond acceptors (Lipinski definition) is 4. The molecule has 6 nitrogen and oxygen atoms in total. The highest BCUT2D eigenvalue weighted by atomic mass is 16.5. The van der Waals surface area contributed by atoms with Crippen molar-refractivity contribution >= 4 is 17.4 Å². The number of methoxy groups -OCH3 is 1. The van der Waals surface area contributed by atoms with Gasteiger partial charge in [0, 0.05) is 24.6 Å². The number of para-hydroxylation sites is 1. The van der Waals surface area contributed by atoms with Crippen molar-refractivity contribution in [2.45, 2.75) is 18.9 Å². The number of β-amino-alcohol motifs (C(OH)–C–C–N with tert-alkyl or cyclic N) is 1. The van der Waals surface area contributed by atoms with Crippen LogP contribution in [0.4, 0.5) is 0 Å². The number of rotatable bonds is 4. The molecule has 0 aliphatic carbocycles. The quantitative estimate of drug-likeness (QED) is 0.794. The van der Waals surface area contributed by atoms with Crippen molar-refractivity contribution < 1.29 is 19.4 Å². The third-order valence-electron chi connectivity index (χ3n) is 3.89. The van der Waals surface area contributed by atoms with Crippen LogP contribution < -0.4 is 10.5 Å². The summed E-state index contributed by atoms with van der Waals surface area (Å²) < 4.78 is 5.27. The largest absolute Gasteiger partial charge is 0.496 e. The van der Waals surface area contributed by atoms with Crippen molar-refractivity contribution in [3.05, 3.63) is 35.9 Å². The average molecular weight is 304 g/mol. The number of benzene rings is 1. The van der Waals surface area contributed by atoms with Crippen LogP contribution in [0.2, 0.25) is 0 Å². The van der Waals surface area contributed by atoms with E-state index in [4.69, 9.17) is 10.5 Å². The van der Waals surface area contributed by atoms with Gasteiger partial charge >= 0.3 is 0 Å². The van der Waals surface area contributed by atoms with Crippen LogP contribution in [-0.2, 0) is 9.59 Å². The average Bonchev–Trinajstić information content (AvgIpc) is 2.91. The first-order valence-electron chi connectivity index (χ1n) is 7.00. The number of allylic oxidation sites excluding steroid dienone is 1. The third kappa shape index (κ3) is 3.12. The molecule has 1 aliphatic rings. The molecule has 2 rings (SSSR count). The number of nitrogens with zero attached hydrogens (tertiary/aromatic N) is 1. The second-order valence-corrected chi connectivity index (χ2v) is 5.43. The summed E-state index contributed by atoms with van der Waals surface area (Å²) in [5.41, 5.74) is 5.11. The van der Waals surface area contributed by atoms with Gasteiger partial charge in [-0.3, -0.25) is 9.59 Å². The Morgan fingerprint density at radius 1 is 1.41 bits per heavy atom. The zero-order valence-electron chi connectivity index (χ0n) is 12.7. The van der Waals surface area contributed by atoms with Crippen LogP contribution in [0.5, 0.6) is 5.75 Å². The standard InChI is InChI=1S/C16H20N2O4/c1-11(12-5-3-4-6-13(12)22-2)9-14(19)18-8-7-16(21,10-18)15(17)20/h3-6,9,21H,7-8,10H2,1-2H3,(H2,17,20)/b11-9+. The van der Waals surface area contributed by atoms with Gasteiger partial charge in [0.2, 0.25) is 5.91 Å². The molecule has 1 aliphatic heterocycles. The molecule has 22 heavy (non-hydrogen) atoms. The number of nitrogens with two attached hydrogens (primary N) is 1. The van der Waals surface area contributed by atoms with Crippen LogP contribution in [0.1, 0.15) is 18.9 Å². The number of carbonyl (C=O) groups excluding carboxylic acids is 2. The van der Waals surface area contributed by atoms with Gasteiger partial charge in [-0.25, -0.2) is 0 Å². The molecule has 1 aromatic carbocycles. The zero-order chi connectivity index (χ0) is 16.3. The summed E-state index contributed by atoms with van der Waals surface area (Å²) in [6.07, 6.45) is 1.64. The second kappa shape index (κ2) is 6.19. The van der Waals surface area contributed by atoms with Gasteiger partial charge in [-0.15, -0.1) is 0 Å². The van der Waals surface area contributed by atoms with E-state index in [0.717, 1.165) is 11.1 Å². The zero-order valence-corrected chi connectivity index (χ0v) is 12.7. The molecule has 2 amide bonds. The van der Waals surface area contributed by atoms with E-state index in [-0.39, 0.29) is 18.9 Å². The van der Waals surface area contributed by atoms with E-state index < -0.39 is 11.5 Å². The van der Waals surface area contributed by atoms with Crippen LogP contribution in [0.3, 0.4) is 0 Å². The number of hydrogen-bond donors (Lipinski definition) is 2. The van der Waals surface area contributed by atoms with Gasteiger partial charge in [0.1, 0.15) is 5.75 Å². The number of primary amides is 1.